The molecule has 0 aliphatic rings. The first-order valence-corrected chi connectivity index (χ1v) is 12.5. The standard InChI is InChI=1S/C31H33N3O3/c1-23(35)29-21-25(17-18-30(36)33-37)28(34(29)22-24-11-5-2-6-12-24)19-20-31(32,26-13-7-3-8-14-26)27-15-9-4-10-16-27/h2-16,21,37H,17-20,22,32H2,1H3,(H,33,36). The van der Waals surface area contributed by atoms with Gasteiger partial charge in [0.15, 0.2) is 5.78 Å². The Morgan fingerprint density at radius 3 is 1.92 bits per heavy atom. The molecule has 0 radical (unpaired) electrons. The van der Waals surface area contributed by atoms with E-state index in [9.17, 15) is 9.59 Å². The maximum atomic E-state index is 12.7. The van der Waals surface area contributed by atoms with Crippen molar-refractivity contribution in [1.82, 2.24) is 10.0 Å². The number of hydrogen-bond acceptors (Lipinski definition) is 4. The minimum Gasteiger partial charge on any atom is -0.338 e. The van der Waals surface area contributed by atoms with Gasteiger partial charge in [0.1, 0.15) is 0 Å². The van der Waals surface area contributed by atoms with E-state index in [1.165, 1.54) is 0 Å². The largest absolute Gasteiger partial charge is 0.338 e. The van der Waals surface area contributed by atoms with Gasteiger partial charge in [0.05, 0.1) is 11.2 Å². The smallest absolute Gasteiger partial charge is 0.243 e. The van der Waals surface area contributed by atoms with Crippen LogP contribution < -0.4 is 11.2 Å². The Kier molecular flexibility index (Phi) is 8.33. The minimum atomic E-state index is -0.750. The Morgan fingerprint density at radius 2 is 1.41 bits per heavy atom. The molecule has 0 atom stereocenters. The molecule has 1 amide bonds. The normalized spacial score (nSPS) is 11.3. The van der Waals surface area contributed by atoms with Gasteiger partial charge in [-0.05, 0) is 47.6 Å². The lowest BCUT2D eigenvalue weighted by Crippen LogP contribution is -2.38. The molecule has 1 heterocycles. The van der Waals surface area contributed by atoms with Crippen molar-refractivity contribution in [2.75, 3.05) is 0 Å². The average Bonchev–Trinajstić information content (AvgIpc) is 3.29. The number of nitrogens with one attached hydrogen (secondary N) is 1. The second-order valence-corrected chi connectivity index (χ2v) is 9.37. The Hall–Kier alpha value is -4.00. The van der Waals surface area contributed by atoms with Gasteiger partial charge in [0, 0.05) is 25.6 Å². The summed E-state index contributed by atoms with van der Waals surface area (Å²) >= 11 is 0. The predicted molar refractivity (Wildman–Crippen MR) is 144 cm³/mol. The number of hydrogen-bond donors (Lipinski definition) is 3. The van der Waals surface area contributed by atoms with Gasteiger partial charge in [-0.25, -0.2) is 5.48 Å². The summed E-state index contributed by atoms with van der Waals surface area (Å²) in [4.78, 5) is 24.5. The highest BCUT2D eigenvalue weighted by molar-refractivity contribution is 5.93. The number of rotatable bonds is 11. The Labute approximate surface area is 217 Å². The number of ketones is 1. The van der Waals surface area contributed by atoms with E-state index >= 15 is 0 Å². The number of amides is 1. The van der Waals surface area contributed by atoms with Gasteiger partial charge in [-0.15, -0.1) is 0 Å². The molecule has 4 rings (SSSR count). The molecule has 1 aromatic heterocycles. The second kappa shape index (κ2) is 11.8. The van der Waals surface area contributed by atoms with Crippen molar-refractivity contribution in [2.45, 2.75) is 44.7 Å². The quantitative estimate of drug-likeness (QED) is 0.155. The van der Waals surface area contributed by atoms with E-state index in [-0.39, 0.29) is 12.2 Å². The third-order valence-electron chi connectivity index (χ3n) is 6.92. The fourth-order valence-electron chi connectivity index (χ4n) is 4.94. The topological polar surface area (TPSA) is 97.3 Å². The first-order valence-electron chi connectivity index (χ1n) is 12.5. The van der Waals surface area contributed by atoms with Gasteiger partial charge in [0.25, 0.3) is 0 Å². The summed E-state index contributed by atoms with van der Waals surface area (Å²) in [5.74, 6) is -0.506. The molecule has 190 valence electrons. The number of benzene rings is 3. The maximum Gasteiger partial charge on any atom is 0.243 e. The monoisotopic (exact) mass is 495 g/mol. The molecule has 0 unspecified atom stereocenters. The van der Waals surface area contributed by atoms with Crippen LogP contribution in [0.4, 0.5) is 0 Å². The van der Waals surface area contributed by atoms with Crippen molar-refractivity contribution in [3.63, 3.8) is 0 Å². The van der Waals surface area contributed by atoms with Crippen LogP contribution in [-0.4, -0.2) is 21.5 Å². The number of carbonyl (C=O) groups is 2. The predicted octanol–water partition coefficient (Wildman–Crippen LogP) is 5.01. The molecular formula is C31H33N3O3. The van der Waals surface area contributed by atoms with Crippen LogP contribution in [-0.2, 0) is 29.7 Å². The van der Waals surface area contributed by atoms with E-state index in [0.29, 0.717) is 31.5 Å². The third-order valence-corrected chi connectivity index (χ3v) is 6.92. The third kappa shape index (κ3) is 6.05. The van der Waals surface area contributed by atoms with E-state index < -0.39 is 11.4 Å². The molecule has 6 heteroatoms. The molecule has 0 aliphatic heterocycles. The lowest BCUT2D eigenvalue weighted by Gasteiger charge is -2.31. The zero-order valence-electron chi connectivity index (χ0n) is 21.1. The summed E-state index contributed by atoms with van der Waals surface area (Å²) in [6.45, 7) is 2.09. The fraction of sp³-hybridized carbons (Fsp3) is 0.226. The Morgan fingerprint density at radius 1 is 0.865 bits per heavy atom. The molecule has 0 saturated carbocycles. The van der Waals surface area contributed by atoms with E-state index in [0.717, 1.165) is 27.9 Å². The maximum absolute atomic E-state index is 12.7. The molecule has 0 saturated heterocycles. The first kappa shape index (κ1) is 26.1. The van der Waals surface area contributed by atoms with Gasteiger partial charge in [0.2, 0.25) is 5.91 Å². The number of nitrogens with zero attached hydrogens (tertiary/aromatic N) is 1. The number of Topliss-reactive ketones (excluding diaryl/α,β-unsaturated/α-hetero) is 1. The molecule has 4 aromatic rings. The molecule has 0 fully saturated rings. The number of hydroxylamine groups is 1. The van der Waals surface area contributed by atoms with Crippen molar-refractivity contribution in [1.29, 1.82) is 0 Å². The van der Waals surface area contributed by atoms with Crippen molar-refractivity contribution in [3.8, 4) is 0 Å². The lowest BCUT2D eigenvalue weighted by atomic mass is 9.79. The molecule has 0 spiro atoms. The van der Waals surface area contributed by atoms with Crippen LogP contribution >= 0.6 is 0 Å². The Bertz CT molecular complexity index is 1290. The van der Waals surface area contributed by atoms with Crippen LogP contribution in [0, 0.1) is 0 Å². The van der Waals surface area contributed by atoms with Crippen LogP contribution in [0.5, 0.6) is 0 Å². The summed E-state index contributed by atoms with van der Waals surface area (Å²) in [6.07, 6.45) is 1.70. The van der Waals surface area contributed by atoms with Gasteiger partial charge in [-0.1, -0.05) is 91.0 Å². The molecule has 0 aliphatic carbocycles. The number of aryl methyl sites for hydroxylation is 1. The molecule has 6 nitrogen and oxygen atoms in total. The molecule has 3 aromatic carbocycles. The molecule has 4 N–H and O–H groups in total. The van der Waals surface area contributed by atoms with E-state index in [1.54, 1.807) is 12.4 Å². The highest BCUT2D eigenvalue weighted by atomic mass is 16.5. The highest BCUT2D eigenvalue weighted by Crippen LogP contribution is 2.33. The minimum absolute atomic E-state index is 0.0415. The summed E-state index contributed by atoms with van der Waals surface area (Å²) < 4.78 is 2.06. The zero-order chi connectivity index (χ0) is 26.3. The van der Waals surface area contributed by atoms with Crippen LogP contribution in [0.3, 0.4) is 0 Å². The van der Waals surface area contributed by atoms with Crippen LogP contribution in [0.25, 0.3) is 0 Å². The van der Waals surface area contributed by atoms with Crippen molar-refractivity contribution in [3.05, 3.63) is 131 Å². The molecule has 0 bridgehead atoms. The fourth-order valence-corrected chi connectivity index (χ4v) is 4.94. The lowest BCUT2D eigenvalue weighted by molar-refractivity contribution is -0.129. The second-order valence-electron chi connectivity index (χ2n) is 9.37. The summed E-state index contributed by atoms with van der Waals surface area (Å²) in [7, 11) is 0. The van der Waals surface area contributed by atoms with Crippen LogP contribution in [0.15, 0.2) is 97.1 Å². The molecule has 37 heavy (non-hydrogen) atoms. The van der Waals surface area contributed by atoms with Crippen LogP contribution in [0.2, 0.25) is 0 Å². The van der Waals surface area contributed by atoms with Gasteiger partial charge in [-0.3, -0.25) is 14.8 Å². The van der Waals surface area contributed by atoms with Gasteiger partial charge in [-0.2, -0.15) is 0 Å². The number of carbonyl (C=O) groups excluding carboxylic acids is 2. The first-order chi connectivity index (χ1) is 17.9. The zero-order valence-corrected chi connectivity index (χ0v) is 21.1. The Balaban J connectivity index is 1.77. The van der Waals surface area contributed by atoms with Crippen molar-refractivity contribution in [2.24, 2.45) is 5.73 Å². The van der Waals surface area contributed by atoms with Gasteiger partial charge >= 0.3 is 0 Å². The average molecular weight is 496 g/mol. The number of aromatic nitrogens is 1. The van der Waals surface area contributed by atoms with E-state index in [2.05, 4.69) is 4.57 Å². The van der Waals surface area contributed by atoms with Gasteiger partial charge < -0.3 is 10.3 Å². The van der Waals surface area contributed by atoms with E-state index in [4.69, 9.17) is 10.9 Å². The van der Waals surface area contributed by atoms with E-state index in [1.807, 2.05) is 97.1 Å². The SMILES string of the molecule is CC(=O)c1cc(CCC(=O)NO)c(CCC(N)(c2ccccc2)c2ccccc2)n1Cc1ccccc1. The van der Waals surface area contributed by atoms with Crippen molar-refractivity contribution >= 4 is 11.7 Å². The summed E-state index contributed by atoms with van der Waals surface area (Å²) in [5.41, 5.74) is 13.7. The number of nitrogens with two attached hydrogens (primary N) is 1. The summed E-state index contributed by atoms with van der Waals surface area (Å²) in [6, 6.07) is 32.0. The van der Waals surface area contributed by atoms with Crippen LogP contribution in [0.1, 0.15) is 58.2 Å². The highest BCUT2D eigenvalue weighted by Gasteiger charge is 2.30. The summed E-state index contributed by atoms with van der Waals surface area (Å²) in [5, 5.41) is 9.01. The van der Waals surface area contributed by atoms with Crippen molar-refractivity contribution < 1.29 is 14.8 Å². The molecular weight excluding hydrogens is 462 g/mol.